The highest BCUT2D eigenvalue weighted by Crippen LogP contribution is 2.25. The lowest BCUT2D eigenvalue weighted by Crippen LogP contribution is -2.48. The van der Waals surface area contributed by atoms with E-state index in [2.05, 4.69) is 0 Å². The first-order valence-corrected chi connectivity index (χ1v) is 8.93. The summed E-state index contributed by atoms with van der Waals surface area (Å²) in [6, 6.07) is 5.44. The van der Waals surface area contributed by atoms with Gasteiger partial charge in [-0.3, -0.25) is 4.79 Å². The molecule has 0 aliphatic carbocycles. The standard InChI is InChI=1S/C17H23NO3S/c1-4-21-17(20)15-7-5-6-10-18(15)16(19)14-11-13(22-3)9-8-12(14)2/h8-9,11,15H,4-7,10H2,1-3H3/t15-/m1/s1. The van der Waals surface area contributed by atoms with Crippen LogP contribution in [0, 0.1) is 6.92 Å². The van der Waals surface area contributed by atoms with Crippen LogP contribution in [0.2, 0.25) is 0 Å². The molecule has 1 aliphatic heterocycles. The topological polar surface area (TPSA) is 46.6 Å². The van der Waals surface area contributed by atoms with Crippen molar-refractivity contribution in [2.75, 3.05) is 19.4 Å². The number of thioether (sulfide) groups is 1. The maximum absolute atomic E-state index is 12.9. The van der Waals surface area contributed by atoms with E-state index in [1.165, 1.54) is 0 Å². The van der Waals surface area contributed by atoms with E-state index < -0.39 is 6.04 Å². The summed E-state index contributed by atoms with van der Waals surface area (Å²) >= 11 is 1.61. The minimum absolute atomic E-state index is 0.0637. The molecule has 1 heterocycles. The molecule has 0 bridgehead atoms. The van der Waals surface area contributed by atoms with E-state index >= 15 is 0 Å². The first kappa shape index (κ1) is 16.9. The van der Waals surface area contributed by atoms with Crippen molar-refractivity contribution < 1.29 is 14.3 Å². The van der Waals surface area contributed by atoms with Crippen molar-refractivity contribution in [1.82, 2.24) is 4.90 Å². The minimum Gasteiger partial charge on any atom is -0.464 e. The van der Waals surface area contributed by atoms with Crippen molar-refractivity contribution >= 4 is 23.6 Å². The number of likely N-dealkylation sites (tertiary alicyclic amines) is 1. The Morgan fingerprint density at radius 1 is 1.36 bits per heavy atom. The Morgan fingerprint density at radius 3 is 2.82 bits per heavy atom. The fourth-order valence-corrected chi connectivity index (χ4v) is 3.21. The summed E-state index contributed by atoms with van der Waals surface area (Å²) in [5, 5.41) is 0. The molecular weight excluding hydrogens is 298 g/mol. The molecule has 0 spiro atoms. The smallest absolute Gasteiger partial charge is 0.328 e. The van der Waals surface area contributed by atoms with Crippen LogP contribution in [-0.4, -0.2) is 42.2 Å². The number of aryl methyl sites for hydroxylation is 1. The Morgan fingerprint density at radius 2 is 2.14 bits per heavy atom. The Hall–Kier alpha value is -1.49. The zero-order chi connectivity index (χ0) is 16.1. The number of carbonyl (C=O) groups excluding carboxylic acids is 2. The molecule has 2 rings (SSSR count). The number of rotatable bonds is 4. The van der Waals surface area contributed by atoms with Crippen LogP contribution in [0.3, 0.4) is 0 Å². The van der Waals surface area contributed by atoms with Crippen LogP contribution in [0.1, 0.15) is 42.1 Å². The molecule has 0 radical (unpaired) electrons. The summed E-state index contributed by atoms with van der Waals surface area (Å²) in [5.74, 6) is -0.347. The van der Waals surface area contributed by atoms with Crippen LogP contribution in [0.15, 0.2) is 23.1 Å². The number of ether oxygens (including phenoxy) is 1. The third-order valence-electron chi connectivity index (χ3n) is 4.00. The molecule has 1 amide bonds. The Bertz CT molecular complexity index is 559. The normalized spacial score (nSPS) is 18.1. The van der Waals surface area contributed by atoms with Gasteiger partial charge >= 0.3 is 5.97 Å². The van der Waals surface area contributed by atoms with Crippen LogP contribution >= 0.6 is 11.8 Å². The number of hydrogen-bond acceptors (Lipinski definition) is 4. The quantitative estimate of drug-likeness (QED) is 0.631. The fourth-order valence-electron chi connectivity index (χ4n) is 2.77. The van der Waals surface area contributed by atoms with Gasteiger partial charge in [0.1, 0.15) is 6.04 Å². The highest BCUT2D eigenvalue weighted by atomic mass is 32.2. The summed E-state index contributed by atoms with van der Waals surface area (Å²) in [4.78, 5) is 27.8. The SMILES string of the molecule is CCOC(=O)[C@H]1CCCCN1C(=O)c1cc(SC)ccc1C. The van der Waals surface area contributed by atoms with Gasteiger partial charge in [-0.25, -0.2) is 4.79 Å². The summed E-state index contributed by atoms with van der Waals surface area (Å²) in [6.45, 7) is 4.68. The first-order chi connectivity index (χ1) is 10.6. The molecule has 22 heavy (non-hydrogen) atoms. The second-order valence-electron chi connectivity index (χ2n) is 5.44. The molecule has 5 heteroatoms. The molecule has 0 aromatic heterocycles. The number of piperidine rings is 1. The molecule has 0 N–H and O–H groups in total. The molecule has 1 aliphatic rings. The van der Waals surface area contributed by atoms with Crippen molar-refractivity contribution in [3.05, 3.63) is 29.3 Å². The number of nitrogens with zero attached hydrogens (tertiary/aromatic N) is 1. The highest BCUT2D eigenvalue weighted by Gasteiger charge is 2.34. The second kappa shape index (κ2) is 7.68. The van der Waals surface area contributed by atoms with Crippen molar-refractivity contribution in [3.8, 4) is 0 Å². The molecule has 1 saturated heterocycles. The zero-order valence-electron chi connectivity index (χ0n) is 13.4. The van der Waals surface area contributed by atoms with Gasteiger partial charge in [-0.15, -0.1) is 11.8 Å². The molecule has 1 fully saturated rings. The molecule has 0 unspecified atom stereocenters. The maximum Gasteiger partial charge on any atom is 0.328 e. The molecule has 1 aromatic carbocycles. The summed E-state index contributed by atoms with van der Waals surface area (Å²) < 4.78 is 5.14. The van der Waals surface area contributed by atoms with Gasteiger partial charge in [0.25, 0.3) is 5.91 Å². The average molecular weight is 321 g/mol. The number of amides is 1. The number of benzene rings is 1. The van der Waals surface area contributed by atoms with Gasteiger partial charge in [0.2, 0.25) is 0 Å². The average Bonchev–Trinajstić information content (AvgIpc) is 2.55. The predicted molar refractivity (Wildman–Crippen MR) is 88.3 cm³/mol. The van der Waals surface area contributed by atoms with E-state index in [-0.39, 0.29) is 11.9 Å². The van der Waals surface area contributed by atoms with Gasteiger partial charge in [0.15, 0.2) is 0 Å². The lowest BCUT2D eigenvalue weighted by atomic mass is 9.99. The van der Waals surface area contributed by atoms with Crippen LogP contribution in [-0.2, 0) is 9.53 Å². The zero-order valence-corrected chi connectivity index (χ0v) is 14.2. The fraction of sp³-hybridized carbons (Fsp3) is 0.529. The van der Waals surface area contributed by atoms with Crippen LogP contribution in [0.25, 0.3) is 0 Å². The van der Waals surface area contributed by atoms with Gasteiger partial charge in [-0.2, -0.15) is 0 Å². The van der Waals surface area contributed by atoms with E-state index in [9.17, 15) is 9.59 Å². The lowest BCUT2D eigenvalue weighted by Gasteiger charge is -2.34. The van der Waals surface area contributed by atoms with E-state index in [1.807, 2.05) is 31.4 Å². The van der Waals surface area contributed by atoms with Gasteiger partial charge in [0.05, 0.1) is 6.61 Å². The summed E-state index contributed by atoms with van der Waals surface area (Å²) in [6.07, 6.45) is 4.56. The van der Waals surface area contributed by atoms with E-state index in [4.69, 9.17) is 4.74 Å². The van der Waals surface area contributed by atoms with Crippen LogP contribution < -0.4 is 0 Å². The molecular formula is C17H23NO3S. The summed E-state index contributed by atoms with van der Waals surface area (Å²) in [7, 11) is 0. The van der Waals surface area contributed by atoms with Gasteiger partial charge < -0.3 is 9.64 Å². The van der Waals surface area contributed by atoms with Crippen LogP contribution in [0.4, 0.5) is 0 Å². The van der Waals surface area contributed by atoms with Crippen molar-refractivity contribution in [3.63, 3.8) is 0 Å². The third-order valence-corrected chi connectivity index (χ3v) is 4.72. The number of carbonyl (C=O) groups is 2. The van der Waals surface area contributed by atoms with Crippen molar-refractivity contribution in [2.24, 2.45) is 0 Å². The molecule has 1 aromatic rings. The molecule has 0 saturated carbocycles. The molecule has 120 valence electrons. The van der Waals surface area contributed by atoms with E-state index in [0.717, 1.165) is 23.3 Å². The molecule has 1 atom stereocenters. The van der Waals surface area contributed by atoms with Gasteiger partial charge in [0, 0.05) is 17.0 Å². The minimum atomic E-state index is -0.446. The Balaban J connectivity index is 2.27. The largest absolute Gasteiger partial charge is 0.464 e. The van der Waals surface area contributed by atoms with E-state index in [0.29, 0.717) is 25.1 Å². The highest BCUT2D eigenvalue weighted by molar-refractivity contribution is 7.98. The maximum atomic E-state index is 12.9. The Labute approximate surface area is 136 Å². The van der Waals surface area contributed by atoms with Gasteiger partial charge in [-0.05, 0) is 57.1 Å². The van der Waals surface area contributed by atoms with Crippen molar-refractivity contribution in [1.29, 1.82) is 0 Å². The van der Waals surface area contributed by atoms with Crippen LogP contribution in [0.5, 0.6) is 0 Å². The second-order valence-corrected chi connectivity index (χ2v) is 6.32. The van der Waals surface area contributed by atoms with Gasteiger partial charge in [-0.1, -0.05) is 6.07 Å². The number of hydrogen-bond donors (Lipinski definition) is 0. The first-order valence-electron chi connectivity index (χ1n) is 7.70. The van der Waals surface area contributed by atoms with Crippen molar-refractivity contribution in [2.45, 2.75) is 44.0 Å². The lowest BCUT2D eigenvalue weighted by molar-refractivity contribution is -0.149. The van der Waals surface area contributed by atoms with E-state index in [1.54, 1.807) is 23.6 Å². The predicted octanol–water partition coefficient (Wildman–Crippen LogP) is 3.27. The monoisotopic (exact) mass is 321 g/mol. The number of esters is 1. The summed E-state index contributed by atoms with van der Waals surface area (Å²) in [5.41, 5.74) is 1.62. The molecule has 4 nitrogen and oxygen atoms in total. The Kier molecular flexibility index (Phi) is 5.89. The third kappa shape index (κ3) is 3.64.